The lowest BCUT2D eigenvalue weighted by molar-refractivity contribution is -0.200. The molecule has 0 aliphatic carbocycles. The Bertz CT molecular complexity index is 930. The summed E-state index contributed by atoms with van der Waals surface area (Å²) in [7, 11) is 0. The summed E-state index contributed by atoms with van der Waals surface area (Å²) in [5.41, 5.74) is 2.38. The number of hydroxylamine groups is 2. The normalized spacial score (nSPS) is 14.8. The molecule has 0 unspecified atom stereocenters. The molecule has 2 N–H and O–H groups in total. The maximum absolute atomic E-state index is 14.3. The van der Waals surface area contributed by atoms with Gasteiger partial charge in [0.05, 0.1) is 30.2 Å². The highest BCUT2D eigenvalue weighted by Gasteiger charge is 2.27. The maximum Gasteiger partial charge on any atom is 0.323 e. The molecule has 2 aromatic rings. The zero-order valence-electron chi connectivity index (χ0n) is 18.7. The van der Waals surface area contributed by atoms with Gasteiger partial charge < -0.3 is 10.6 Å². The number of likely N-dealkylation sites (tertiary alicyclic amines) is 1. The average molecular weight is 444 g/mol. The Kier molecular flexibility index (Phi) is 8.13. The number of hydrogen-bond donors (Lipinski definition) is 2. The number of nitrogens with zero attached hydrogens (tertiary/aromatic N) is 3. The van der Waals surface area contributed by atoms with Gasteiger partial charge in [-0.3, -0.25) is 19.5 Å². The van der Waals surface area contributed by atoms with Crippen LogP contribution in [-0.2, 0) is 16.2 Å². The van der Waals surface area contributed by atoms with Crippen molar-refractivity contribution in [2.24, 2.45) is 0 Å². The fourth-order valence-electron chi connectivity index (χ4n) is 3.76. The molecule has 3 rings (SSSR count). The number of amides is 3. The summed E-state index contributed by atoms with van der Waals surface area (Å²) in [6, 6.07) is 7.77. The molecule has 1 saturated heterocycles. The predicted octanol–water partition coefficient (Wildman–Crippen LogP) is 3.94. The van der Waals surface area contributed by atoms with E-state index in [1.54, 1.807) is 30.5 Å². The first-order valence-corrected chi connectivity index (χ1v) is 10.8. The fraction of sp³-hybridized carbons (Fsp3) is 0.435. The van der Waals surface area contributed by atoms with Crippen LogP contribution in [0.2, 0.25) is 0 Å². The SMILES string of the molecule is CCON(C(C)=O)C1CCN(Cc2ccc(F)c(NC(=O)Nc3ccc(C)nc3)c2)CC1. The molecule has 1 aliphatic heterocycles. The van der Waals surface area contributed by atoms with Gasteiger partial charge >= 0.3 is 6.03 Å². The highest BCUT2D eigenvalue weighted by atomic mass is 19.1. The Morgan fingerprint density at radius 1 is 1.22 bits per heavy atom. The number of aromatic nitrogens is 1. The molecule has 0 atom stereocenters. The smallest absolute Gasteiger partial charge is 0.306 e. The molecule has 3 amide bonds. The number of pyridine rings is 1. The zero-order valence-corrected chi connectivity index (χ0v) is 18.7. The Labute approximate surface area is 187 Å². The first-order chi connectivity index (χ1) is 15.4. The van der Waals surface area contributed by atoms with E-state index < -0.39 is 11.8 Å². The van der Waals surface area contributed by atoms with Crippen LogP contribution in [0.5, 0.6) is 0 Å². The van der Waals surface area contributed by atoms with Crippen molar-refractivity contribution in [3.8, 4) is 0 Å². The molecule has 172 valence electrons. The monoisotopic (exact) mass is 443 g/mol. The molecule has 8 nitrogen and oxygen atoms in total. The van der Waals surface area contributed by atoms with Gasteiger partial charge in [0.15, 0.2) is 0 Å². The molecule has 32 heavy (non-hydrogen) atoms. The second-order valence-electron chi connectivity index (χ2n) is 7.85. The van der Waals surface area contributed by atoms with Crippen LogP contribution in [0.1, 0.15) is 37.9 Å². The van der Waals surface area contributed by atoms with Gasteiger partial charge in [0, 0.05) is 32.3 Å². The van der Waals surface area contributed by atoms with Gasteiger partial charge in [-0.25, -0.2) is 14.2 Å². The molecule has 0 radical (unpaired) electrons. The third-order valence-electron chi connectivity index (χ3n) is 5.32. The van der Waals surface area contributed by atoms with Gasteiger partial charge in [0.25, 0.3) is 0 Å². The molecular weight excluding hydrogens is 413 g/mol. The van der Waals surface area contributed by atoms with Crippen molar-refractivity contribution < 1.29 is 18.8 Å². The van der Waals surface area contributed by atoms with Crippen LogP contribution in [0.25, 0.3) is 0 Å². The van der Waals surface area contributed by atoms with Crippen LogP contribution >= 0.6 is 0 Å². The zero-order chi connectivity index (χ0) is 23.1. The number of hydrogen-bond acceptors (Lipinski definition) is 5. The van der Waals surface area contributed by atoms with Gasteiger partial charge in [-0.1, -0.05) is 6.07 Å². The molecule has 9 heteroatoms. The van der Waals surface area contributed by atoms with E-state index in [-0.39, 0.29) is 17.6 Å². The quantitative estimate of drug-likeness (QED) is 0.633. The summed E-state index contributed by atoms with van der Waals surface area (Å²) in [6.45, 7) is 7.90. The van der Waals surface area contributed by atoms with Crippen LogP contribution in [0.4, 0.5) is 20.6 Å². The van der Waals surface area contributed by atoms with Crippen molar-refractivity contribution in [1.82, 2.24) is 14.9 Å². The van der Waals surface area contributed by atoms with Crippen molar-refractivity contribution in [3.63, 3.8) is 0 Å². The fourth-order valence-corrected chi connectivity index (χ4v) is 3.76. The summed E-state index contributed by atoms with van der Waals surface area (Å²) >= 11 is 0. The van der Waals surface area contributed by atoms with E-state index in [2.05, 4.69) is 20.5 Å². The molecule has 1 fully saturated rings. The number of carbonyl (C=O) groups is 2. The van der Waals surface area contributed by atoms with Crippen molar-refractivity contribution in [2.45, 2.75) is 46.2 Å². The summed E-state index contributed by atoms with van der Waals surface area (Å²) in [5, 5.41) is 6.70. The Morgan fingerprint density at radius 3 is 2.59 bits per heavy atom. The minimum Gasteiger partial charge on any atom is -0.306 e. The van der Waals surface area contributed by atoms with E-state index in [1.807, 2.05) is 13.8 Å². The van der Waals surface area contributed by atoms with Gasteiger partial charge in [0.2, 0.25) is 5.91 Å². The molecule has 1 aromatic carbocycles. The first kappa shape index (κ1) is 23.6. The highest BCUT2D eigenvalue weighted by molar-refractivity contribution is 5.99. The van der Waals surface area contributed by atoms with Crippen molar-refractivity contribution in [2.75, 3.05) is 30.3 Å². The number of urea groups is 1. The first-order valence-electron chi connectivity index (χ1n) is 10.8. The maximum atomic E-state index is 14.3. The molecule has 0 bridgehead atoms. The number of carbonyl (C=O) groups excluding carboxylic acids is 2. The summed E-state index contributed by atoms with van der Waals surface area (Å²) in [4.78, 5) is 35.9. The Morgan fingerprint density at radius 2 is 1.97 bits per heavy atom. The number of rotatable bonds is 7. The molecule has 1 aliphatic rings. The van der Waals surface area contributed by atoms with Crippen LogP contribution in [0, 0.1) is 12.7 Å². The second kappa shape index (κ2) is 11.0. The van der Waals surface area contributed by atoms with Crippen molar-refractivity contribution in [1.29, 1.82) is 0 Å². The number of halogens is 1. The van der Waals surface area contributed by atoms with E-state index in [4.69, 9.17) is 4.84 Å². The van der Waals surface area contributed by atoms with Crippen LogP contribution in [0.15, 0.2) is 36.5 Å². The van der Waals surface area contributed by atoms with E-state index in [9.17, 15) is 14.0 Å². The number of benzene rings is 1. The van der Waals surface area contributed by atoms with Crippen molar-refractivity contribution >= 4 is 23.3 Å². The summed E-state index contributed by atoms with van der Waals surface area (Å²) < 4.78 is 14.3. The predicted molar refractivity (Wildman–Crippen MR) is 120 cm³/mol. The lowest BCUT2D eigenvalue weighted by atomic mass is 10.0. The second-order valence-corrected chi connectivity index (χ2v) is 7.85. The van der Waals surface area contributed by atoms with E-state index in [1.165, 1.54) is 18.1 Å². The molecule has 2 heterocycles. The van der Waals surface area contributed by atoms with Gasteiger partial charge in [0.1, 0.15) is 5.82 Å². The topological polar surface area (TPSA) is 86.8 Å². The summed E-state index contributed by atoms with van der Waals surface area (Å²) in [6.07, 6.45) is 3.15. The standard InChI is InChI=1S/C23H30FN5O3/c1-4-32-29(17(3)30)20-9-11-28(12-10-20)15-18-6-8-21(24)22(13-18)27-23(31)26-19-7-5-16(2)25-14-19/h5-8,13-14,20H,4,9-12,15H2,1-3H3,(H2,26,27,31). The van der Waals surface area contributed by atoms with E-state index in [0.717, 1.165) is 37.2 Å². The third kappa shape index (κ3) is 6.48. The molecule has 1 aromatic heterocycles. The van der Waals surface area contributed by atoms with Gasteiger partial charge in [-0.2, -0.15) is 0 Å². The lowest BCUT2D eigenvalue weighted by Gasteiger charge is -2.37. The van der Waals surface area contributed by atoms with E-state index >= 15 is 0 Å². The summed E-state index contributed by atoms with van der Waals surface area (Å²) in [5.74, 6) is -0.585. The highest BCUT2D eigenvalue weighted by Crippen LogP contribution is 2.22. The number of nitrogens with one attached hydrogen (secondary N) is 2. The number of anilines is 2. The van der Waals surface area contributed by atoms with Gasteiger partial charge in [-0.15, -0.1) is 0 Å². The largest absolute Gasteiger partial charge is 0.323 e. The third-order valence-corrected chi connectivity index (χ3v) is 5.32. The average Bonchev–Trinajstić information content (AvgIpc) is 2.76. The number of piperidine rings is 1. The minimum absolute atomic E-state index is 0.0640. The minimum atomic E-state index is -0.534. The Balaban J connectivity index is 1.56. The molecule has 0 spiro atoms. The number of aryl methyl sites for hydroxylation is 1. The molecular formula is C23H30FN5O3. The van der Waals surface area contributed by atoms with Crippen LogP contribution in [0.3, 0.4) is 0 Å². The van der Waals surface area contributed by atoms with Crippen molar-refractivity contribution in [3.05, 3.63) is 53.6 Å². The van der Waals surface area contributed by atoms with E-state index in [0.29, 0.717) is 18.8 Å². The van der Waals surface area contributed by atoms with Crippen LogP contribution in [-0.4, -0.2) is 52.6 Å². The van der Waals surface area contributed by atoms with Crippen LogP contribution < -0.4 is 10.6 Å². The lowest BCUT2D eigenvalue weighted by Crippen LogP contribution is -2.46. The Hall–Kier alpha value is -3.04. The van der Waals surface area contributed by atoms with Gasteiger partial charge in [-0.05, 0) is 56.5 Å². The molecule has 0 saturated carbocycles.